The average Bonchev–Trinajstić information content (AvgIpc) is 3.32. The quantitative estimate of drug-likeness (QED) is 0.0665. The van der Waals surface area contributed by atoms with Crippen molar-refractivity contribution in [2.45, 2.75) is 57.6 Å². The molecule has 19 heteroatoms. The molecule has 352 valence electrons. The molecule has 5 aromatic rings. The highest BCUT2D eigenvalue weighted by atomic mass is 35.5. The standard InChI is InChI=1S/C47H50ClF3N4O8S3/c48-35-14-10-32(11-15-35)41-8-4-5-9-42(41)45(57)33-20-23-54(24-21-33)37-16-12-34(13-17-37)46(58)53-66(61,62)40-18-19-43(44(28-40)65(59,60)47(49,50)51)52-36(31-64-39-6-2-1-3-7-39)22-25-55-26-27-63-30-38(55)29-56/h1-19,28,33,36,38,45,52,56-57H,20-27,29-31H2,(H,53,58)/t36-,38+,45+/m1/s1. The van der Waals surface area contributed by atoms with Crippen LogP contribution in [0.25, 0.3) is 11.1 Å². The molecule has 0 aliphatic carbocycles. The van der Waals surface area contributed by atoms with Crippen LogP contribution >= 0.6 is 23.4 Å². The van der Waals surface area contributed by atoms with Gasteiger partial charge in [0.25, 0.3) is 25.8 Å². The zero-order valence-corrected chi connectivity index (χ0v) is 38.8. The van der Waals surface area contributed by atoms with E-state index in [1.165, 1.54) is 23.9 Å². The molecule has 2 aliphatic rings. The Labute approximate surface area is 392 Å². The number of morpholine rings is 1. The minimum absolute atomic E-state index is 0.0256. The number of rotatable bonds is 17. The Hall–Kier alpha value is -4.66. The first-order chi connectivity index (χ1) is 31.5. The maximum Gasteiger partial charge on any atom is 0.501 e. The van der Waals surface area contributed by atoms with Crippen LogP contribution in [0.5, 0.6) is 0 Å². The van der Waals surface area contributed by atoms with Crippen molar-refractivity contribution in [1.29, 1.82) is 0 Å². The molecule has 0 saturated carbocycles. The number of piperidine rings is 1. The SMILES string of the molecule is O=C(NS(=O)(=O)c1ccc(N[C@H](CCN2CCOC[C@@H]2CO)CSc2ccccc2)c(S(=O)(=O)C(F)(F)F)c1)c1ccc(N2CCC([C@H](O)c3ccccc3-c3ccc(Cl)cc3)CC2)cc1. The summed E-state index contributed by atoms with van der Waals surface area (Å²) in [4.78, 5) is 16.1. The highest BCUT2D eigenvalue weighted by molar-refractivity contribution is 7.99. The Balaban J connectivity index is 1.03. The predicted molar refractivity (Wildman–Crippen MR) is 250 cm³/mol. The van der Waals surface area contributed by atoms with Gasteiger partial charge in [-0.3, -0.25) is 9.69 Å². The lowest BCUT2D eigenvalue weighted by atomic mass is 9.84. The minimum Gasteiger partial charge on any atom is -0.395 e. The van der Waals surface area contributed by atoms with Gasteiger partial charge < -0.3 is 25.2 Å². The molecule has 0 bridgehead atoms. The summed E-state index contributed by atoms with van der Waals surface area (Å²) in [5.74, 6) is -0.810. The number of thioether (sulfide) groups is 1. The summed E-state index contributed by atoms with van der Waals surface area (Å²) in [6, 6.07) is 31.9. The largest absolute Gasteiger partial charge is 0.501 e. The van der Waals surface area contributed by atoms with E-state index in [0.29, 0.717) is 75.5 Å². The van der Waals surface area contributed by atoms with E-state index in [0.717, 1.165) is 39.4 Å². The Morgan fingerprint density at radius 2 is 1.56 bits per heavy atom. The van der Waals surface area contributed by atoms with Crippen molar-refractivity contribution in [3.05, 3.63) is 137 Å². The van der Waals surface area contributed by atoms with Gasteiger partial charge in [-0.2, -0.15) is 13.2 Å². The number of aliphatic hydroxyl groups excluding tert-OH is 2. The van der Waals surface area contributed by atoms with Gasteiger partial charge in [-0.25, -0.2) is 21.6 Å². The first kappa shape index (κ1) is 49.3. The van der Waals surface area contributed by atoms with Crippen LogP contribution in [0.2, 0.25) is 5.02 Å². The fourth-order valence-electron chi connectivity index (χ4n) is 8.18. The van der Waals surface area contributed by atoms with E-state index in [4.69, 9.17) is 16.3 Å². The molecular formula is C47H50ClF3N4O8S3. The summed E-state index contributed by atoms with van der Waals surface area (Å²) in [7, 11) is -11.0. The number of nitrogens with zero attached hydrogens (tertiary/aromatic N) is 2. The third-order valence-electron chi connectivity index (χ3n) is 11.9. The van der Waals surface area contributed by atoms with E-state index in [9.17, 15) is 45.0 Å². The smallest absolute Gasteiger partial charge is 0.395 e. The van der Waals surface area contributed by atoms with Gasteiger partial charge in [-0.15, -0.1) is 11.8 Å². The van der Waals surface area contributed by atoms with Gasteiger partial charge in [0.15, 0.2) is 0 Å². The van der Waals surface area contributed by atoms with Crippen molar-refractivity contribution in [2.75, 3.05) is 62.0 Å². The molecule has 3 atom stereocenters. The lowest BCUT2D eigenvalue weighted by Crippen LogP contribution is -2.48. The number of amides is 1. The van der Waals surface area contributed by atoms with E-state index in [2.05, 4.69) is 10.2 Å². The molecule has 4 N–H and O–H groups in total. The maximum atomic E-state index is 14.2. The van der Waals surface area contributed by atoms with Crippen LogP contribution in [-0.2, 0) is 24.6 Å². The number of aliphatic hydroxyl groups is 2. The van der Waals surface area contributed by atoms with Crippen LogP contribution in [0.1, 0.15) is 41.3 Å². The summed E-state index contributed by atoms with van der Waals surface area (Å²) < 4.78 is 103. The number of carbonyl (C=O) groups is 1. The second kappa shape index (κ2) is 21.5. The molecule has 0 spiro atoms. The normalized spacial score (nSPS) is 17.5. The van der Waals surface area contributed by atoms with Gasteiger partial charge >= 0.3 is 5.51 Å². The Kier molecular flexibility index (Phi) is 16.1. The van der Waals surface area contributed by atoms with Crippen LogP contribution in [-0.4, -0.2) is 107 Å². The van der Waals surface area contributed by atoms with Gasteiger partial charge in [0.1, 0.15) is 4.90 Å². The molecule has 66 heavy (non-hydrogen) atoms. The fourth-order valence-corrected chi connectivity index (χ4v) is 11.3. The first-order valence-electron chi connectivity index (χ1n) is 21.3. The van der Waals surface area contributed by atoms with E-state index < -0.39 is 58.9 Å². The molecule has 2 fully saturated rings. The van der Waals surface area contributed by atoms with Crippen molar-refractivity contribution in [2.24, 2.45) is 5.92 Å². The minimum atomic E-state index is -6.11. The lowest BCUT2D eigenvalue weighted by molar-refractivity contribution is -0.0435. The highest BCUT2D eigenvalue weighted by Gasteiger charge is 2.48. The van der Waals surface area contributed by atoms with Crippen molar-refractivity contribution in [3.8, 4) is 11.1 Å². The van der Waals surface area contributed by atoms with Crippen LogP contribution in [0.15, 0.2) is 136 Å². The highest BCUT2D eigenvalue weighted by Crippen LogP contribution is 2.39. The molecule has 5 aromatic carbocycles. The number of ether oxygens (including phenoxy) is 1. The summed E-state index contributed by atoms with van der Waals surface area (Å²) in [6.45, 7) is 2.66. The van der Waals surface area contributed by atoms with Crippen LogP contribution in [0.3, 0.4) is 0 Å². The third kappa shape index (κ3) is 11.9. The van der Waals surface area contributed by atoms with Crippen molar-refractivity contribution >= 4 is 60.5 Å². The summed E-state index contributed by atoms with van der Waals surface area (Å²) >= 11 is 7.49. The molecule has 2 saturated heterocycles. The number of carbonyl (C=O) groups excluding carboxylic acids is 1. The number of sulfonamides is 1. The molecule has 12 nitrogen and oxygen atoms in total. The van der Waals surface area contributed by atoms with E-state index >= 15 is 0 Å². The van der Waals surface area contributed by atoms with Crippen molar-refractivity contribution in [1.82, 2.24) is 9.62 Å². The fraction of sp³-hybridized carbons (Fsp3) is 0.340. The van der Waals surface area contributed by atoms with E-state index in [1.807, 2.05) is 88.5 Å². The van der Waals surface area contributed by atoms with Crippen LogP contribution in [0.4, 0.5) is 24.5 Å². The molecule has 7 rings (SSSR count). The van der Waals surface area contributed by atoms with Crippen LogP contribution < -0.4 is 14.9 Å². The van der Waals surface area contributed by atoms with E-state index in [-0.39, 0.29) is 24.1 Å². The third-order valence-corrected chi connectivity index (χ3v) is 16.2. The number of anilines is 2. The maximum absolute atomic E-state index is 14.2. The Morgan fingerprint density at radius 1 is 0.879 bits per heavy atom. The first-order valence-corrected chi connectivity index (χ1v) is 25.6. The molecule has 1 amide bonds. The Bertz CT molecular complexity index is 2660. The number of alkyl halides is 3. The zero-order valence-electron chi connectivity index (χ0n) is 35.6. The summed E-state index contributed by atoms with van der Waals surface area (Å²) in [5.41, 5.74) is -2.86. The predicted octanol–water partition coefficient (Wildman–Crippen LogP) is 8.03. The van der Waals surface area contributed by atoms with Gasteiger partial charge in [0.2, 0.25) is 0 Å². The average molecular weight is 988 g/mol. The van der Waals surface area contributed by atoms with Crippen LogP contribution in [0, 0.1) is 5.92 Å². The second-order valence-corrected chi connectivity index (χ2v) is 21.3. The molecule has 0 unspecified atom stereocenters. The number of hydrogen-bond acceptors (Lipinski definition) is 12. The molecule has 2 aliphatic heterocycles. The van der Waals surface area contributed by atoms with Crippen molar-refractivity contribution < 1.29 is 49.8 Å². The van der Waals surface area contributed by atoms with Gasteiger partial charge in [0, 0.05) is 59.1 Å². The van der Waals surface area contributed by atoms with Gasteiger partial charge in [-0.1, -0.05) is 66.2 Å². The monoisotopic (exact) mass is 986 g/mol. The van der Waals surface area contributed by atoms with Gasteiger partial charge in [-0.05, 0) is 109 Å². The van der Waals surface area contributed by atoms with E-state index in [1.54, 1.807) is 12.1 Å². The Morgan fingerprint density at radius 3 is 2.24 bits per heavy atom. The number of sulfone groups is 1. The number of benzene rings is 5. The molecule has 2 heterocycles. The van der Waals surface area contributed by atoms with Gasteiger partial charge in [0.05, 0.1) is 42.5 Å². The summed E-state index contributed by atoms with van der Waals surface area (Å²) in [6.07, 6.45) is 0.948. The number of halogens is 4. The molecule has 0 radical (unpaired) electrons. The molecular weight excluding hydrogens is 937 g/mol. The number of hydrogen-bond donors (Lipinski definition) is 4. The zero-order chi connectivity index (χ0) is 47.1. The summed E-state index contributed by atoms with van der Waals surface area (Å²) in [5, 5.41) is 24.9. The van der Waals surface area contributed by atoms with Crippen molar-refractivity contribution in [3.63, 3.8) is 0 Å². The topological polar surface area (TPSA) is 166 Å². The lowest BCUT2D eigenvalue weighted by Gasteiger charge is -2.36. The number of nitrogens with one attached hydrogen (secondary N) is 2. The second-order valence-electron chi connectivity index (χ2n) is 16.2. The molecule has 0 aromatic heterocycles.